The second kappa shape index (κ2) is 10.2. The molecule has 2 N–H and O–H groups in total. The third-order valence-electron chi connectivity index (χ3n) is 6.49. The molecule has 1 aliphatic carbocycles. The SMILES string of the molecule is CCSC/C=C(/O)C[C@@H]1[C@H](/C=C/C(O)C2CCCCCC2)[C@@H]2CC[C@H]1O2. The van der Waals surface area contributed by atoms with Gasteiger partial charge in [0.1, 0.15) is 0 Å². The lowest BCUT2D eigenvalue weighted by molar-refractivity contribution is 0.0883. The standard InChI is InChI=1S/C22H36O3S/c1-2-26-14-13-17(23)15-19-18(21-11-12-22(19)25-21)9-10-20(24)16-7-5-3-4-6-8-16/h9-10,13,16,18-24H,2-8,11-12,14-15H2,1H3/b10-9+,17-13+/t18-,19+,20?,21-,22+/m0/s1. The van der Waals surface area contributed by atoms with Crippen molar-refractivity contribution >= 4 is 11.8 Å². The molecule has 2 bridgehead atoms. The topological polar surface area (TPSA) is 49.7 Å². The van der Waals surface area contributed by atoms with E-state index >= 15 is 0 Å². The van der Waals surface area contributed by atoms with E-state index in [1.54, 1.807) is 0 Å². The summed E-state index contributed by atoms with van der Waals surface area (Å²) >= 11 is 1.83. The predicted molar refractivity (Wildman–Crippen MR) is 110 cm³/mol. The first-order chi connectivity index (χ1) is 12.7. The molecule has 0 amide bonds. The molecule has 2 aliphatic heterocycles. The van der Waals surface area contributed by atoms with Gasteiger partial charge in [0.2, 0.25) is 0 Å². The lowest BCUT2D eigenvalue weighted by Crippen LogP contribution is -2.27. The van der Waals surface area contributed by atoms with Crippen LogP contribution >= 0.6 is 11.8 Å². The summed E-state index contributed by atoms with van der Waals surface area (Å²) in [6.07, 6.45) is 16.8. The van der Waals surface area contributed by atoms with Crippen LogP contribution in [0.4, 0.5) is 0 Å². The maximum Gasteiger partial charge on any atom is 0.0895 e. The molecule has 1 saturated carbocycles. The Kier molecular flexibility index (Phi) is 7.95. The number of rotatable bonds is 8. The summed E-state index contributed by atoms with van der Waals surface area (Å²) in [5.41, 5.74) is 0. The van der Waals surface area contributed by atoms with Crippen LogP contribution in [0.5, 0.6) is 0 Å². The molecule has 148 valence electrons. The van der Waals surface area contributed by atoms with Gasteiger partial charge in [-0.25, -0.2) is 0 Å². The summed E-state index contributed by atoms with van der Waals surface area (Å²) in [4.78, 5) is 0. The van der Waals surface area contributed by atoms with Crippen molar-refractivity contribution < 1.29 is 14.9 Å². The molecule has 3 rings (SSSR count). The lowest BCUT2D eigenvalue weighted by Gasteiger charge is -2.26. The van der Waals surface area contributed by atoms with Crippen molar-refractivity contribution in [3.05, 3.63) is 24.0 Å². The summed E-state index contributed by atoms with van der Waals surface area (Å²) in [6.45, 7) is 2.14. The highest BCUT2D eigenvalue weighted by Crippen LogP contribution is 2.46. The zero-order valence-electron chi connectivity index (χ0n) is 16.2. The second-order valence-corrected chi connectivity index (χ2v) is 9.54. The molecule has 4 heteroatoms. The van der Waals surface area contributed by atoms with Crippen LogP contribution in [-0.4, -0.2) is 40.0 Å². The van der Waals surface area contributed by atoms with E-state index in [0.717, 1.165) is 37.2 Å². The Morgan fingerprint density at radius 1 is 1.12 bits per heavy atom. The van der Waals surface area contributed by atoms with E-state index in [1.807, 2.05) is 23.9 Å². The van der Waals surface area contributed by atoms with Crippen molar-refractivity contribution in [3.8, 4) is 0 Å². The first kappa shape index (κ1) is 20.3. The Balaban J connectivity index is 1.58. The van der Waals surface area contributed by atoms with E-state index in [2.05, 4.69) is 13.0 Å². The van der Waals surface area contributed by atoms with Crippen molar-refractivity contribution in [2.45, 2.75) is 83.0 Å². The van der Waals surface area contributed by atoms with E-state index in [1.165, 1.54) is 25.7 Å². The maximum atomic E-state index is 10.6. The van der Waals surface area contributed by atoms with Gasteiger partial charge in [0, 0.05) is 24.0 Å². The molecule has 3 fully saturated rings. The van der Waals surface area contributed by atoms with Crippen LogP contribution in [0, 0.1) is 17.8 Å². The third kappa shape index (κ3) is 5.30. The van der Waals surface area contributed by atoms with Gasteiger partial charge in [0.05, 0.1) is 24.1 Å². The number of hydrogen-bond donors (Lipinski definition) is 2. The molecule has 0 aromatic carbocycles. The molecule has 2 heterocycles. The number of ether oxygens (including phenoxy) is 1. The average molecular weight is 381 g/mol. The number of aliphatic hydroxyl groups excluding tert-OH is 2. The molecule has 3 nitrogen and oxygen atoms in total. The van der Waals surface area contributed by atoms with Crippen LogP contribution < -0.4 is 0 Å². The minimum atomic E-state index is -0.321. The van der Waals surface area contributed by atoms with E-state index in [9.17, 15) is 10.2 Å². The smallest absolute Gasteiger partial charge is 0.0895 e. The fraction of sp³-hybridized carbons (Fsp3) is 0.818. The van der Waals surface area contributed by atoms with Gasteiger partial charge in [0.25, 0.3) is 0 Å². The van der Waals surface area contributed by atoms with Gasteiger partial charge in [0.15, 0.2) is 0 Å². The van der Waals surface area contributed by atoms with E-state index in [0.29, 0.717) is 29.9 Å². The Labute approximate surface area is 163 Å². The summed E-state index contributed by atoms with van der Waals surface area (Å²) in [6, 6.07) is 0. The highest BCUT2D eigenvalue weighted by Gasteiger charge is 2.47. The van der Waals surface area contributed by atoms with E-state index in [-0.39, 0.29) is 18.3 Å². The Hall–Kier alpha value is -0.450. The first-order valence-electron chi connectivity index (χ1n) is 10.7. The number of allylic oxidation sites excluding steroid dienone is 1. The number of aliphatic hydroxyl groups is 2. The molecule has 2 saturated heterocycles. The minimum Gasteiger partial charge on any atom is -0.513 e. The summed E-state index contributed by atoms with van der Waals surface area (Å²) < 4.78 is 6.15. The van der Waals surface area contributed by atoms with Gasteiger partial charge in [-0.05, 0) is 43.4 Å². The summed E-state index contributed by atoms with van der Waals surface area (Å²) in [7, 11) is 0. The fourth-order valence-corrected chi connectivity index (χ4v) is 5.54. The van der Waals surface area contributed by atoms with Crippen molar-refractivity contribution in [1.82, 2.24) is 0 Å². The molecule has 0 radical (unpaired) electrons. The van der Waals surface area contributed by atoms with Gasteiger partial charge in [-0.15, -0.1) is 0 Å². The van der Waals surface area contributed by atoms with Crippen molar-refractivity contribution in [3.63, 3.8) is 0 Å². The molecular formula is C22H36O3S. The van der Waals surface area contributed by atoms with Gasteiger partial charge < -0.3 is 14.9 Å². The minimum absolute atomic E-state index is 0.277. The molecule has 3 aliphatic rings. The Morgan fingerprint density at radius 3 is 2.58 bits per heavy atom. The Bertz CT molecular complexity index is 482. The monoisotopic (exact) mass is 380 g/mol. The average Bonchev–Trinajstić information content (AvgIpc) is 3.11. The number of hydrogen-bond acceptors (Lipinski definition) is 4. The molecular weight excluding hydrogens is 344 g/mol. The fourth-order valence-electron chi connectivity index (χ4n) is 4.99. The predicted octanol–water partition coefficient (Wildman–Crippen LogP) is 5.25. The van der Waals surface area contributed by atoms with Crippen LogP contribution in [0.15, 0.2) is 24.0 Å². The van der Waals surface area contributed by atoms with Crippen molar-refractivity contribution in [1.29, 1.82) is 0 Å². The van der Waals surface area contributed by atoms with E-state index in [4.69, 9.17) is 4.74 Å². The molecule has 5 atom stereocenters. The number of fused-ring (bicyclic) bond motifs is 2. The van der Waals surface area contributed by atoms with Gasteiger partial charge in [-0.2, -0.15) is 11.8 Å². The van der Waals surface area contributed by atoms with Crippen LogP contribution in [-0.2, 0) is 4.74 Å². The van der Waals surface area contributed by atoms with Crippen molar-refractivity contribution in [2.24, 2.45) is 17.8 Å². The van der Waals surface area contributed by atoms with Crippen LogP contribution in [0.25, 0.3) is 0 Å². The highest BCUT2D eigenvalue weighted by atomic mass is 32.2. The molecule has 26 heavy (non-hydrogen) atoms. The van der Waals surface area contributed by atoms with Crippen molar-refractivity contribution in [2.75, 3.05) is 11.5 Å². The van der Waals surface area contributed by atoms with Gasteiger partial charge >= 0.3 is 0 Å². The largest absolute Gasteiger partial charge is 0.513 e. The molecule has 0 spiro atoms. The third-order valence-corrected chi connectivity index (χ3v) is 7.30. The summed E-state index contributed by atoms with van der Waals surface area (Å²) in [5, 5.41) is 21.0. The van der Waals surface area contributed by atoms with Crippen LogP contribution in [0.2, 0.25) is 0 Å². The zero-order chi connectivity index (χ0) is 18.4. The van der Waals surface area contributed by atoms with Gasteiger partial charge in [-0.1, -0.05) is 44.8 Å². The summed E-state index contributed by atoms with van der Waals surface area (Å²) in [5.74, 6) is 3.58. The lowest BCUT2D eigenvalue weighted by atomic mass is 9.76. The molecule has 0 aromatic rings. The zero-order valence-corrected chi connectivity index (χ0v) is 17.0. The first-order valence-corrected chi connectivity index (χ1v) is 11.8. The second-order valence-electron chi connectivity index (χ2n) is 8.22. The number of thioether (sulfide) groups is 1. The quantitative estimate of drug-likeness (QED) is 0.261. The van der Waals surface area contributed by atoms with Gasteiger partial charge in [-0.3, -0.25) is 0 Å². The Morgan fingerprint density at radius 2 is 1.85 bits per heavy atom. The van der Waals surface area contributed by atoms with Crippen LogP contribution in [0.3, 0.4) is 0 Å². The van der Waals surface area contributed by atoms with Crippen LogP contribution in [0.1, 0.15) is 64.7 Å². The maximum absolute atomic E-state index is 10.6. The molecule has 1 unspecified atom stereocenters. The molecule has 0 aromatic heterocycles. The normalized spacial score (nSPS) is 34.5. The van der Waals surface area contributed by atoms with E-state index < -0.39 is 0 Å². The highest BCUT2D eigenvalue weighted by molar-refractivity contribution is 7.99.